The van der Waals surface area contributed by atoms with Crippen molar-refractivity contribution in [3.63, 3.8) is 0 Å². The Labute approximate surface area is 123 Å². The number of rotatable bonds is 3. The van der Waals surface area contributed by atoms with Gasteiger partial charge in [-0.1, -0.05) is 6.07 Å². The van der Waals surface area contributed by atoms with E-state index in [2.05, 4.69) is 21.2 Å². The Kier molecular flexibility index (Phi) is 4.24. The van der Waals surface area contributed by atoms with Gasteiger partial charge in [0.2, 0.25) is 0 Å². The van der Waals surface area contributed by atoms with Crippen LogP contribution >= 0.6 is 15.9 Å². The SMILES string of the molecule is COc1cc(NC(=O)c2c(F)cccc2Br)ccc1N. The second-order valence-electron chi connectivity index (χ2n) is 4.01. The molecule has 0 bridgehead atoms. The van der Waals surface area contributed by atoms with Crippen molar-refractivity contribution >= 4 is 33.2 Å². The first-order valence-electron chi connectivity index (χ1n) is 5.72. The van der Waals surface area contributed by atoms with Crippen LogP contribution in [0.15, 0.2) is 40.9 Å². The van der Waals surface area contributed by atoms with Crippen LogP contribution in [0.4, 0.5) is 15.8 Å². The van der Waals surface area contributed by atoms with Crippen molar-refractivity contribution in [2.45, 2.75) is 0 Å². The molecule has 2 aromatic rings. The van der Waals surface area contributed by atoms with Crippen LogP contribution in [0.2, 0.25) is 0 Å². The summed E-state index contributed by atoms with van der Waals surface area (Å²) in [6.45, 7) is 0. The normalized spacial score (nSPS) is 10.2. The van der Waals surface area contributed by atoms with E-state index < -0.39 is 11.7 Å². The number of methoxy groups -OCH3 is 1. The highest BCUT2D eigenvalue weighted by molar-refractivity contribution is 9.10. The molecule has 0 radical (unpaired) electrons. The number of benzene rings is 2. The van der Waals surface area contributed by atoms with Crippen LogP contribution in [0.5, 0.6) is 5.75 Å². The molecule has 0 aromatic heterocycles. The molecule has 4 nitrogen and oxygen atoms in total. The number of nitrogen functional groups attached to an aromatic ring is 1. The number of hydrogen-bond donors (Lipinski definition) is 2. The van der Waals surface area contributed by atoms with Crippen LogP contribution in [0.1, 0.15) is 10.4 Å². The van der Waals surface area contributed by atoms with E-state index in [9.17, 15) is 9.18 Å². The standard InChI is InChI=1S/C14H12BrFN2O2/c1-20-12-7-8(5-6-11(12)17)18-14(19)13-9(15)3-2-4-10(13)16/h2-7H,17H2,1H3,(H,18,19). The molecule has 2 aromatic carbocycles. The van der Waals surface area contributed by atoms with Gasteiger partial charge in [-0.25, -0.2) is 4.39 Å². The Bertz CT molecular complexity index is 641. The molecule has 0 saturated carbocycles. The minimum absolute atomic E-state index is 0.0525. The highest BCUT2D eigenvalue weighted by Gasteiger charge is 2.15. The first-order valence-corrected chi connectivity index (χ1v) is 6.51. The van der Waals surface area contributed by atoms with Gasteiger partial charge in [-0.05, 0) is 40.2 Å². The van der Waals surface area contributed by atoms with E-state index in [-0.39, 0.29) is 5.56 Å². The van der Waals surface area contributed by atoms with Gasteiger partial charge in [0, 0.05) is 16.2 Å². The fourth-order valence-electron chi connectivity index (χ4n) is 1.70. The lowest BCUT2D eigenvalue weighted by Crippen LogP contribution is -2.14. The van der Waals surface area contributed by atoms with Gasteiger partial charge in [0.1, 0.15) is 11.6 Å². The number of hydrogen-bond acceptors (Lipinski definition) is 3. The number of nitrogens with two attached hydrogens (primary N) is 1. The van der Waals surface area contributed by atoms with Gasteiger partial charge in [0.05, 0.1) is 18.4 Å². The van der Waals surface area contributed by atoms with Crippen molar-refractivity contribution in [2.24, 2.45) is 0 Å². The summed E-state index contributed by atoms with van der Waals surface area (Å²) in [6, 6.07) is 9.13. The molecule has 0 saturated heterocycles. The first-order chi connectivity index (χ1) is 9.52. The minimum atomic E-state index is -0.598. The largest absolute Gasteiger partial charge is 0.495 e. The van der Waals surface area contributed by atoms with Crippen LogP contribution < -0.4 is 15.8 Å². The second kappa shape index (κ2) is 5.92. The maximum atomic E-state index is 13.7. The number of carbonyl (C=O) groups excluding carboxylic acids is 1. The van der Waals surface area contributed by atoms with E-state index in [1.807, 2.05) is 0 Å². The van der Waals surface area contributed by atoms with Crippen molar-refractivity contribution in [2.75, 3.05) is 18.2 Å². The lowest BCUT2D eigenvalue weighted by Gasteiger charge is -2.10. The Morgan fingerprint density at radius 3 is 2.75 bits per heavy atom. The molecule has 2 rings (SSSR count). The first kappa shape index (κ1) is 14.3. The third-order valence-electron chi connectivity index (χ3n) is 2.68. The van der Waals surface area contributed by atoms with Gasteiger partial charge in [0.15, 0.2) is 0 Å². The highest BCUT2D eigenvalue weighted by Crippen LogP contribution is 2.26. The van der Waals surface area contributed by atoms with Gasteiger partial charge in [-0.3, -0.25) is 4.79 Å². The Balaban J connectivity index is 2.28. The summed E-state index contributed by atoms with van der Waals surface area (Å²) in [5.41, 5.74) is 6.56. The zero-order chi connectivity index (χ0) is 14.7. The molecule has 3 N–H and O–H groups in total. The number of amides is 1. The van der Waals surface area contributed by atoms with E-state index in [1.54, 1.807) is 24.3 Å². The quantitative estimate of drug-likeness (QED) is 0.842. The van der Waals surface area contributed by atoms with Crippen molar-refractivity contribution in [1.82, 2.24) is 0 Å². The maximum absolute atomic E-state index is 13.7. The molecule has 0 unspecified atom stereocenters. The highest BCUT2D eigenvalue weighted by atomic mass is 79.9. The summed E-state index contributed by atoms with van der Waals surface area (Å²) >= 11 is 3.16. The molecule has 0 atom stereocenters. The fourth-order valence-corrected chi connectivity index (χ4v) is 2.22. The average Bonchev–Trinajstić information content (AvgIpc) is 2.40. The number of anilines is 2. The molecule has 0 aliphatic heterocycles. The molecule has 1 amide bonds. The number of halogens is 2. The summed E-state index contributed by atoms with van der Waals surface area (Å²) in [5, 5.41) is 2.60. The van der Waals surface area contributed by atoms with E-state index in [0.29, 0.717) is 21.6 Å². The molecule has 20 heavy (non-hydrogen) atoms. The fraction of sp³-hybridized carbons (Fsp3) is 0.0714. The molecule has 6 heteroatoms. The maximum Gasteiger partial charge on any atom is 0.259 e. The van der Waals surface area contributed by atoms with Gasteiger partial charge >= 0.3 is 0 Å². The summed E-state index contributed by atoms with van der Waals surface area (Å²) in [6.07, 6.45) is 0. The van der Waals surface area contributed by atoms with Crippen LogP contribution in [0, 0.1) is 5.82 Å². The molecule has 0 heterocycles. The van der Waals surface area contributed by atoms with Crippen LogP contribution in [0.25, 0.3) is 0 Å². The van der Waals surface area contributed by atoms with Crippen LogP contribution in [-0.2, 0) is 0 Å². The van der Waals surface area contributed by atoms with E-state index in [1.165, 1.54) is 19.2 Å². The van der Waals surface area contributed by atoms with Crippen molar-refractivity contribution in [1.29, 1.82) is 0 Å². The van der Waals surface area contributed by atoms with Gasteiger partial charge < -0.3 is 15.8 Å². The Hall–Kier alpha value is -2.08. The Morgan fingerprint density at radius 1 is 1.35 bits per heavy atom. The zero-order valence-corrected chi connectivity index (χ0v) is 12.2. The van der Waals surface area contributed by atoms with Crippen LogP contribution in [0.3, 0.4) is 0 Å². The van der Waals surface area contributed by atoms with Crippen molar-refractivity contribution in [3.8, 4) is 5.75 Å². The molecule has 0 fully saturated rings. The number of nitrogens with one attached hydrogen (secondary N) is 1. The predicted octanol–water partition coefficient (Wildman–Crippen LogP) is 3.43. The number of ether oxygens (including phenoxy) is 1. The zero-order valence-electron chi connectivity index (χ0n) is 10.6. The Morgan fingerprint density at radius 2 is 2.10 bits per heavy atom. The molecule has 0 aliphatic rings. The lowest BCUT2D eigenvalue weighted by atomic mass is 10.2. The van der Waals surface area contributed by atoms with E-state index >= 15 is 0 Å². The summed E-state index contributed by atoms with van der Waals surface area (Å²) in [7, 11) is 1.48. The lowest BCUT2D eigenvalue weighted by molar-refractivity contribution is 0.102. The molecule has 0 spiro atoms. The van der Waals surface area contributed by atoms with Crippen LogP contribution in [-0.4, -0.2) is 13.0 Å². The molecule has 0 aliphatic carbocycles. The van der Waals surface area contributed by atoms with E-state index in [0.717, 1.165) is 0 Å². The summed E-state index contributed by atoms with van der Waals surface area (Å²) in [5.74, 6) is -0.712. The van der Waals surface area contributed by atoms with Crippen molar-refractivity contribution in [3.05, 3.63) is 52.3 Å². The minimum Gasteiger partial charge on any atom is -0.495 e. The second-order valence-corrected chi connectivity index (χ2v) is 4.86. The molecule has 104 valence electrons. The predicted molar refractivity (Wildman–Crippen MR) is 79.5 cm³/mol. The average molecular weight is 339 g/mol. The van der Waals surface area contributed by atoms with Gasteiger partial charge in [-0.15, -0.1) is 0 Å². The monoisotopic (exact) mass is 338 g/mol. The molecular weight excluding hydrogens is 327 g/mol. The van der Waals surface area contributed by atoms with E-state index in [4.69, 9.17) is 10.5 Å². The molecular formula is C14H12BrFN2O2. The van der Waals surface area contributed by atoms with Gasteiger partial charge in [0.25, 0.3) is 5.91 Å². The smallest absolute Gasteiger partial charge is 0.259 e. The number of carbonyl (C=O) groups is 1. The summed E-state index contributed by atoms with van der Waals surface area (Å²) in [4.78, 5) is 12.1. The van der Waals surface area contributed by atoms with Gasteiger partial charge in [-0.2, -0.15) is 0 Å². The van der Waals surface area contributed by atoms with Crippen molar-refractivity contribution < 1.29 is 13.9 Å². The summed E-state index contributed by atoms with van der Waals surface area (Å²) < 4.78 is 19.1. The third-order valence-corrected chi connectivity index (χ3v) is 3.34. The topological polar surface area (TPSA) is 64.3 Å². The third kappa shape index (κ3) is 2.91.